The molecule has 0 aliphatic carbocycles. The molecule has 0 atom stereocenters. The number of hydrogen-bond donors (Lipinski definition) is 0. The van der Waals surface area contributed by atoms with Gasteiger partial charge < -0.3 is 0 Å². The number of carbonyl (C=O) groups is 2. The third-order valence-corrected chi connectivity index (χ3v) is 3.99. The molecule has 2 nitrogen and oxygen atoms in total. The molecule has 24 heavy (non-hydrogen) atoms. The Labute approximate surface area is 141 Å². The maximum absolute atomic E-state index is 12.4. The van der Waals surface area contributed by atoms with Crippen molar-refractivity contribution in [3.05, 3.63) is 107 Å². The van der Waals surface area contributed by atoms with Gasteiger partial charge in [0.15, 0.2) is 11.6 Å². The SMILES string of the molecule is Cc1ccc(C(=O)Cc2ccc(C(=O)c3ccccc3)cc2)cc1. The lowest BCUT2D eigenvalue weighted by Gasteiger charge is -2.05. The van der Waals surface area contributed by atoms with Crippen molar-refractivity contribution in [1.82, 2.24) is 0 Å². The van der Waals surface area contributed by atoms with E-state index in [1.807, 2.05) is 61.5 Å². The summed E-state index contributed by atoms with van der Waals surface area (Å²) in [4.78, 5) is 24.7. The van der Waals surface area contributed by atoms with Gasteiger partial charge in [-0.1, -0.05) is 84.4 Å². The van der Waals surface area contributed by atoms with Gasteiger partial charge in [-0.05, 0) is 12.5 Å². The summed E-state index contributed by atoms with van der Waals surface area (Å²) in [6.45, 7) is 2.00. The molecule has 0 unspecified atom stereocenters. The highest BCUT2D eigenvalue weighted by Gasteiger charge is 2.10. The van der Waals surface area contributed by atoms with Gasteiger partial charge in [0.25, 0.3) is 0 Å². The second-order valence-corrected chi connectivity index (χ2v) is 5.86. The molecule has 3 aromatic rings. The van der Waals surface area contributed by atoms with Crippen molar-refractivity contribution in [3.63, 3.8) is 0 Å². The second-order valence-electron chi connectivity index (χ2n) is 5.86. The Morgan fingerprint density at radius 2 is 1.21 bits per heavy atom. The summed E-state index contributed by atoms with van der Waals surface area (Å²) in [5, 5.41) is 0. The largest absolute Gasteiger partial charge is 0.294 e. The van der Waals surface area contributed by atoms with Gasteiger partial charge in [-0.3, -0.25) is 9.59 Å². The van der Waals surface area contributed by atoms with E-state index in [0.717, 1.165) is 11.1 Å². The lowest BCUT2D eigenvalue weighted by molar-refractivity contribution is 0.0992. The highest BCUT2D eigenvalue weighted by atomic mass is 16.1. The summed E-state index contributed by atoms with van der Waals surface area (Å²) in [6.07, 6.45) is 0.336. The normalized spacial score (nSPS) is 10.4. The minimum atomic E-state index is -0.00740. The van der Waals surface area contributed by atoms with Crippen molar-refractivity contribution in [2.45, 2.75) is 13.3 Å². The van der Waals surface area contributed by atoms with Crippen molar-refractivity contribution in [2.75, 3.05) is 0 Å². The lowest BCUT2D eigenvalue weighted by Crippen LogP contribution is -2.05. The van der Waals surface area contributed by atoms with E-state index in [1.54, 1.807) is 24.3 Å². The van der Waals surface area contributed by atoms with Crippen LogP contribution in [0.1, 0.15) is 37.4 Å². The van der Waals surface area contributed by atoms with Crippen molar-refractivity contribution < 1.29 is 9.59 Å². The molecule has 0 fully saturated rings. The number of benzene rings is 3. The molecule has 0 bridgehead atoms. The minimum Gasteiger partial charge on any atom is -0.294 e. The van der Waals surface area contributed by atoms with E-state index in [2.05, 4.69) is 0 Å². The fourth-order valence-corrected chi connectivity index (χ4v) is 2.56. The maximum atomic E-state index is 12.4. The van der Waals surface area contributed by atoms with Crippen molar-refractivity contribution in [1.29, 1.82) is 0 Å². The number of rotatable bonds is 5. The van der Waals surface area contributed by atoms with Crippen LogP contribution in [0.15, 0.2) is 78.9 Å². The number of ketones is 2. The van der Waals surface area contributed by atoms with Gasteiger partial charge in [-0.15, -0.1) is 0 Å². The Kier molecular flexibility index (Phi) is 4.66. The first-order valence-corrected chi connectivity index (χ1v) is 7.92. The van der Waals surface area contributed by atoms with Crippen LogP contribution in [0.25, 0.3) is 0 Å². The molecule has 0 N–H and O–H groups in total. The van der Waals surface area contributed by atoms with Crippen LogP contribution >= 0.6 is 0 Å². The fraction of sp³-hybridized carbons (Fsp3) is 0.0909. The summed E-state index contributed by atoms with van der Waals surface area (Å²) in [6, 6.07) is 24.0. The van der Waals surface area contributed by atoms with Gasteiger partial charge in [0.1, 0.15) is 0 Å². The Hall–Kier alpha value is -3.00. The molecule has 0 aromatic heterocycles. The third-order valence-electron chi connectivity index (χ3n) is 3.99. The van der Waals surface area contributed by atoms with Crippen LogP contribution in [0, 0.1) is 6.92 Å². The van der Waals surface area contributed by atoms with Crippen LogP contribution in [0.3, 0.4) is 0 Å². The molecular formula is C22H18O2. The predicted molar refractivity (Wildman–Crippen MR) is 95.5 cm³/mol. The maximum Gasteiger partial charge on any atom is 0.193 e. The van der Waals surface area contributed by atoms with Crippen LogP contribution in [-0.4, -0.2) is 11.6 Å². The Morgan fingerprint density at radius 3 is 1.83 bits per heavy atom. The molecular weight excluding hydrogens is 296 g/mol. The average molecular weight is 314 g/mol. The molecule has 0 saturated carbocycles. The molecule has 3 rings (SSSR count). The van der Waals surface area contributed by atoms with E-state index < -0.39 is 0 Å². The monoisotopic (exact) mass is 314 g/mol. The molecule has 118 valence electrons. The van der Waals surface area contributed by atoms with Crippen LogP contribution in [0.4, 0.5) is 0 Å². The van der Waals surface area contributed by atoms with E-state index in [-0.39, 0.29) is 11.6 Å². The number of Topliss-reactive ketones (excluding diaryl/α,β-unsaturated/α-hetero) is 1. The molecule has 0 amide bonds. The molecule has 0 aliphatic rings. The van der Waals surface area contributed by atoms with Crippen LogP contribution in [0.5, 0.6) is 0 Å². The standard InChI is InChI=1S/C22H18O2/c1-16-7-11-18(12-8-16)21(23)15-17-9-13-20(14-10-17)22(24)19-5-3-2-4-6-19/h2-14H,15H2,1H3. The molecule has 0 saturated heterocycles. The molecule has 0 aliphatic heterocycles. The van der Waals surface area contributed by atoms with E-state index in [1.165, 1.54) is 0 Å². The number of carbonyl (C=O) groups excluding carboxylic acids is 2. The zero-order valence-corrected chi connectivity index (χ0v) is 13.5. The smallest absolute Gasteiger partial charge is 0.193 e. The predicted octanol–water partition coefficient (Wildman–Crippen LogP) is 4.65. The first-order valence-electron chi connectivity index (χ1n) is 7.92. The van der Waals surface area contributed by atoms with Gasteiger partial charge >= 0.3 is 0 Å². The van der Waals surface area contributed by atoms with Crippen LogP contribution in [0.2, 0.25) is 0 Å². The summed E-state index contributed by atoms with van der Waals surface area (Å²) in [5.74, 6) is 0.0733. The van der Waals surface area contributed by atoms with E-state index in [4.69, 9.17) is 0 Å². The van der Waals surface area contributed by atoms with Crippen molar-refractivity contribution >= 4 is 11.6 Å². The van der Waals surface area contributed by atoms with Gasteiger partial charge in [-0.25, -0.2) is 0 Å². The molecule has 3 aromatic carbocycles. The fourth-order valence-electron chi connectivity index (χ4n) is 2.56. The van der Waals surface area contributed by atoms with Gasteiger partial charge in [0.05, 0.1) is 0 Å². The van der Waals surface area contributed by atoms with Crippen molar-refractivity contribution in [3.8, 4) is 0 Å². The first-order chi connectivity index (χ1) is 11.6. The molecule has 0 heterocycles. The van der Waals surface area contributed by atoms with Crippen LogP contribution in [-0.2, 0) is 6.42 Å². The zero-order chi connectivity index (χ0) is 16.9. The average Bonchev–Trinajstić information content (AvgIpc) is 2.63. The Bertz CT molecular complexity index is 845. The third kappa shape index (κ3) is 3.66. The summed E-state index contributed by atoms with van der Waals surface area (Å²) in [7, 11) is 0. The van der Waals surface area contributed by atoms with E-state index in [9.17, 15) is 9.59 Å². The van der Waals surface area contributed by atoms with E-state index in [0.29, 0.717) is 23.1 Å². The quantitative estimate of drug-likeness (QED) is 0.642. The van der Waals surface area contributed by atoms with Gasteiger partial charge in [0.2, 0.25) is 0 Å². The Morgan fingerprint density at radius 1 is 0.667 bits per heavy atom. The zero-order valence-electron chi connectivity index (χ0n) is 13.5. The lowest BCUT2D eigenvalue weighted by atomic mass is 9.98. The number of hydrogen-bond acceptors (Lipinski definition) is 2. The summed E-state index contributed by atoms with van der Waals surface area (Å²) >= 11 is 0. The van der Waals surface area contributed by atoms with Crippen LogP contribution < -0.4 is 0 Å². The number of aryl methyl sites for hydroxylation is 1. The highest BCUT2D eigenvalue weighted by Crippen LogP contribution is 2.13. The van der Waals surface area contributed by atoms with Crippen molar-refractivity contribution in [2.24, 2.45) is 0 Å². The minimum absolute atomic E-state index is 0.00740. The molecule has 0 spiro atoms. The molecule has 0 radical (unpaired) electrons. The van der Waals surface area contributed by atoms with Gasteiger partial charge in [0, 0.05) is 23.1 Å². The highest BCUT2D eigenvalue weighted by molar-refractivity contribution is 6.09. The topological polar surface area (TPSA) is 34.1 Å². The summed E-state index contributed by atoms with van der Waals surface area (Å²) in [5.41, 5.74) is 4.05. The van der Waals surface area contributed by atoms with E-state index >= 15 is 0 Å². The summed E-state index contributed by atoms with van der Waals surface area (Å²) < 4.78 is 0. The molecule has 2 heteroatoms. The first kappa shape index (κ1) is 15.9. The van der Waals surface area contributed by atoms with Gasteiger partial charge in [-0.2, -0.15) is 0 Å². The Balaban J connectivity index is 1.72. The second kappa shape index (κ2) is 7.05.